The summed E-state index contributed by atoms with van der Waals surface area (Å²) in [6.07, 6.45) is 3.55. The molecule has 4 aromatic rings. The third-order valence-corrected chi connectivity index (χ3v) is 6.03. The Morgan fingerprint density at radius 3 is 2.16 bits per heavy atom. The SMILES string of the molecule is O=C(Cc1c(F)c(F)c(F)c(F)c1F)Nc1nc2c(nc1C=Cc1ccccc1)-c1ccccc1CC2. The number of hydrogen-bond donors (Lipinski definition) is 1. The molecule has 9 heteroatoms. The molecule has 0 unspecified atom stereocenters. The first-order valence-electron chi connectivity index (χ1n) is 11.4. The van der Waals surface area contributed by atoms with Crippen molar-refractivity contribution >= 4 is 23.9 Å². The molecule has 1 N–H and O–H groups in total. The van der Waals surface area contributed by atoms with Gasteiger partial charge in [-0.1, -0.05) is 60.7 Å². The summed E-state index contributed by atoms with van der Waals surface area (Å²) in [6.45, 7) is 0. The van der Waals surface area contributed by atoms with E-state index in [9.17, 15) is 26.7 Å². The normalized spacial score (nSPS) is 12.4. The first-order chi connectivity index (χ1) is 17.8. The maximum absolute atomic E-state index is 14.1. The largest absolute Gasteiger partial charge is 0.309 e. The van der Waals surface area contributed by atoms with Gasteiger partial charge in [-0.3, -0.25) is 4.79 Å². The highest BCUT2D eigenvalue weighted by Gasteiger charge is 2.28. The third kappa shape index (κ3) is 4.72. The summed E-state index contributed by atoms with van der Waals surface area (Å²) in [5.41, 5.74) is 3.16. The lowest BCUT2D eigenvalue weighted by Crippen LogP contribution is -2.21. The average Bonchev–Trinajstić information content (AvgIpc) is 2.92. The summed E-state index contributed by atoms with van der Waals surface area (Å²) in [4.78, 5) is 22.0. The molecule has 1 aliphatic carbocycles. The van der Waals surface area contributed by atoms with Crippen molar-refractivity contribution in [1.82, 2.24) is 9.97 Å². The Balaban J connectivity index is 1.52. The molecule has 0 saturated carbocycles. The van der Waals surface area contributed by atoms with Crippen LogP contribution in [0.3, 0.4) is 0 Å². The molecule has 0 saturated heterocycles. The van der Waals surface area contributed by atoms with Crippen molar-refractivity contribution < 1.29 is 26.7 Å². The number of carbonyl (C=O) groups excluding carboxylic acids is 1. The van der Waals surface area contributed by atoms with E-state index in [4.69, 9.17) is 4.98 Å². The minimum atomic E-state index is -2.28. The van der Waals surface area contributed by atoms with Gasteiger partial charge in [0.1, 0.15) is 5.69 Å². The Morgan fingerprint density at radius 1 is 0.784 bits per heavy atom. The van der Waals surface area contributed by atoms with Gasteiger partial charge in [0.15, 0.2) is 29.1 Å². The summed E-state index contributed by atoms with van der Waals surface area (Å²) in [5, 5.41) is 2.44. The van der Waals surface area contributed by atoms with E-state index < -0.39 is 47.0 Å². The van der Waals surface area contributed by atoms with Gasteiger partial charge in [-0.15, -0.1) is 0 Å². The summed E-state index contributed by atoms with van der Waals surface area (Å²) in [6, 6.07) is 17.0. The number of anilines is 1. The van der Waals surface area contributed by atoms with Gasteiger partial charge in [-0.25, -0.2) is 31.9 Å². The van der Waals surface area contributed by atoms with Crippen molar-refractivity contribution in [3.05, 3.63) is 112 Å². The van der Waals surface area contributed by atoms with Crippen LogP contribution in [0.1, 0.15) is 28.1 Å². The summed E-state index contributed by atoms with van der Waals surface area (Å²) < 4.78 is 68.8. The maximum atomic E-state index is 14.1. The number of fused-ring (bicyclic) bond motifs is 3. The number of halogens is 5. The van der Waals surface area contributed by atoms with Crippen molar-refractivity contribution in [2.45, 2.75) is 19.3 Å². The molecule has 1 amide bonds. The Labute approximate surface area is 208 Å². The van der Waals surface area contributed by atoms with Crippen molar-refractivity contribution in [3.8, 4) is 11.3 Å². The van der Waals surface area contributed by atoms with E-state index in [1.54, 1.807) is 12.2 Å². The maximum Gasteiger partial charge on any atom is 0.230 e. The van der Waals surface area contributed by atoms with Crippen LogP contribution < -0.4 is 5.32 Å². The molecule has 0 bridgehead atoms. The fourth-order valence-corrected chi connectivity index (χ4v) is 4.19. The number of amides is 1. The molecule has 5 rings (SSSR count). The van der Waals surface area contributed by atoms with Crippen LogP contribution in [0.5, 0.6) is 0 Å². The first-order valence-corrected chi connectivity index (χ1v) is 11.4. The zero-order valence-electron chi connectivity index (χ0n) is 19.2. The highest BCUT2D eigenvalue weighted by Crippen LogP contribution is 2.33. The quantitative estimate of drug-likeness (QED) is 0.196. The molecule has 0 radical (unpaired) electrons. The number of hydrogen-bond acceptors (Lipinski definition) is 3. The Hall–Kier alpha value is -4.40. The molecule has 4 nitrogen and oxygen atoms in total. The van der Waals surface area contributed by atoms with Gasteiger partial charge in [0.05, 0.1) is 17.8 Å². The minimum Gasteiger partial charge on any atom is -0.309 e. The Kier molecular flexibility index (Phi) is 6.52. The highest BCUT2D eigenvalue weighted by atomic mass is 19.2. The van der Waals surface area contributed by atoms with Crippen molar-refractivity contribution in [2.75, 3.05) is 5.32 Å². The minimum absolute atomic E-state index is 0.0131. The number of rotatable bonds is 5. The lowest BCUT2D eigenvalue weighted by Gasteiger charge is -2.20. The van der Waals surface area contributed by atoms with Crippen LogP contribution in [-0.2, 0) is 24.1 Å². The number of nitrogens with zero attached hydrogens (tertiary/aromatic N) is 2. The van der Waals surface area contributed by atoms with Crippen molar-refractivity contribution in [1.29, 1.82) is 0 Å². The molecule has 0 atom stereocenters. The van der Waals surface area contributed by atoms with Gasteiger partial charge < -0.3 is 5.32 Å². The molecular weight excluding hydrogens is 489 g/mol. The van der Waals surface area contributed by atoms with Crippen LogP contribution in [0.25, 0.3) is 23.4 Å². The highest BCUT2D eigenvalue weighted by molar-refractivity contribution is 5.94. The van der Waals surface area contributed by atoms with Crippen LogP contribution >= 0.6 is 0 Å². The van der Waals surface area contributed by atoms with Crippen LogP contribution in [0.2, 0.25) is 0 Å². The lowest BCUT2D eigenvalue weighted by atomic mass is 9.92. The monoisotopic (exact) mass is 507 g/mol. The molecular formula is C28H18F5N3O. The number of benzene rings is 3. The van der Waals surface area contributed by atoms with E-state index in [0.29, 0.717) is 24.2 Å². The van der Waals surface area contributed by atoms with Gasteiger partial charge in [-0.05, 0) is 30.0 Å². The molecule has 0 fully saturated rings. The van der Waals surface area contributed by atoms with Crippen LogP contribution in [-0.4, -0.2) is 15.9 Å². The summed E-state index contributed by atoms with van der Waals surface area (Å²) in [7, 11) is 0. The van der Waals surface area contributed by atoms with Crippen molar-refractivity contribution in [3.63, 3.8) is 0 Å². The first kappa shape index (κ1) is 24.3. The van der Waals surface area contributed by atoms with E-state index in [2.05, 4.69) is 10.3 Å². The number of carbonyl (C=O) groups is 1. The lowest BCUT2D eigenvalue weighted by molar-refractivity contribution is -0.115. The van der Waals surface area contributed by atoms with Gasteiger partial charge in [-0.2, -0.15) is 0 Å². The van der Waals surface area contributed by atoms with Crippen LogP contribution in [0.15, 0.2) is 54.6 Å². The van der Waals surface area contributed by atoms with E-state index in [1.807, 2.05) is 54.6 Å². The van der Waals surface area contributed by atoms with E-state index in [0.717, 1.165) is 16.7 Å². The van der Waals surface area contributed by atoms with E-state index in [-0.39, 0.29) is 11.5 Å². The van der Waals surface area contributed by atoms with Crippen molar-refractivity contribution in [2.24, 2.45) is 0 Å². The molecule has 0 aliphatic heterocycles. The predicted octanol–water partition coefficient (Wildman–Crippen LogP) is 6.29. The zero-order valence-corrected chi connectivity index (χ0v) is 19.2. The summed E-state index contributed by atoms with van der Waals surface area (Å²) in [5.74, 6) is -11.6. The average molecular weight is 507 g/mol. The Morgan fingerprint density at radius 2 is 1.43 bits per heavy atom. The molecule has 37 heavy (non-hydrogen) atoms. The topological polar surface area (TPSA) is 54.9 Å². The predicted molar refractivity (Wildman–Crippen MR) is 129 cm³/mol. The van der Waals surface area contributed by atoms with E-state index in [1.165, 1.54) is 0 Å². The number of aromatic nitrogens is 2. The van der Waals surface area contributed by atoms with Gasteiger partial charge >= 0.3 is 0 Å². The summed E-state index contributed by atoms with van der Waals surface area (Å²) >= 11 is 0. The number of nitrogens with one attached hydrogen (secondary N) is 1. The second kappa shape index (κ2) is 9.93. The number of aryl methyl sites for hydroxylation is 2. The molecule has 1 aromatic heterocycles. The van der Waals surface area contributed by atoms with Gasteiger partial charge in [0.25, 0.3) is 0 Å². The zero-order chi connectivity index (χ0) is 26.1. The second-order valence-electron chi connectivity index (χ2n) is 8.43. The van der Waals surface area contributed by atoms with Crippen LogP contribution in [0.4, 0.5) is 27.8 Å². The fourth-order valence-electron chi connectivity index (χ4n) is 4.19. The smallest absolute Gasteiger partial charge is 0.230 e. The molecule has 0 spiro atoms. The standard InChI is InChI=1S/C28H18F5N3O/c29-22-18(23(30)25(32)26(33)24(22)31)14-21(37)36-28-20(12-10-15-6-2-1-3-7-15)34-27-17-9-5-4-8-16(17)11-13-19(27)35-28/h1-10,12H,11,13-14H2,(H,35,36,37). The molecule has 3 aromatic carbocycles. The van der Waals surface area contributed by atoms with Gasteiger partial charge in [0.2, 0.25) is 11.7 Å². The van der Waals surface area contributed by atoms with E-state index >= 15 is 0 Å². The Bertz CT molecular complexity index is 1520. The van der Waals surface area contributed by atoms with Crippen LogP contribution in [0, 0.1) is 29.1 Å². The fraction of sp³-hybridized carbons (Fsp3) is 0.107. The second-order valence-corrected chi connectivity index (χ2v) is 8.43. The third-order valence-electron chi connectivity index (χ3n) is 6.03. The van der Waals surface area contributed by atoms with Gasteiger partial charge in [0, 0.05) is 11.1 Å². The molecule has 1 heterocycles. The molecule has 1 aliphatic rings. The molecule has 186 valence electrons.